The molecule has 3 atom stereocenters. The molecule has 3 aliphatic rings. The molecular formula is C23H25NO3S. The Kier molecular flexibility index (Phi) is 3.81. The third kappa shape index (κ3) is 2.01. The molecule has 1 aliphatic carbocycles. The molecule has 0 unspecified atom stereocenters. The van der Waals surface area contributed by atoms with E-state index in [9.17, 15) is 8.42 Å². The van der Waals surface area contributed by atoms with Crippen LogP contribution in [0.15, 0.2) is 66.1 Å². The van der Waals surface area contributed by atoms with Crippen LogP contribution in [-0.2, 0) is 20.2 Å². The van der Waals surface area contributed by atoms with Crippen LogP contribution in [0, 0.1) is 12.8 Å². The van der Waals surface area contributed by atoms with Crippen molar-refractivity contribution >= 4 is 15.7 Å². The molecule has 0 N–H and O–H groups in total. The van der Waals surface area contributed by atoms with Crippen molar-refractivity contribution in [2.45, 2.75) is 48.6 Å². The van der Waals surface area contributed by atoms with Crippen LogP contribution in [0.5, 0.6) is 0 Å². The van der Waals surface area contributed by atoms with Crippen molar-refractivity contribution in [2.75, 3.05) is 10.9 Å². The summed E-state index contributed by atoms with van der Waals surface area (Å²) in [6, 6.07) is 15.0. The Hall–Kier alpha value is -2.11. The highest BCUT2D eigenvalue weighted by Crippen LogP contribution is 2.66. The minimum atomic E-state index is -3.77. The Morgan fingerprint density at radius 3 is 2.64 bits per heavy atom. The summed E-state index contributed by atoms with van der Waals surface area (Å²) in [5, 5.41) is 0. The van der Waals surface area contributed by atoms with E-state index in [1.807, 2.05) is 43.3 Å². The number of hydrogen-bond donors (Lipinski definition) is 0. The molecule has 146 valence electrons. The molecule has 0 spiro atoms. The predicted octanol–water partition coefficient (Wildman–Crippen LogP) is 4.54. The molecule has 1 saturated heterocycles. The average Bonchev–Trinajstić information content (AvgIpc) is 3.20. The number of aryl methyl sites for hydroxylation is 1. The molecule has 5 rings (SSSR count). The van der Waals surface area contributed by atoms with Gasteiger partial charge in [0.2, 0.25) is 0 Å². The monoisotopic (exact) mass is 395 g/mol. The van der Waals surface area contributed by atoms with Crippen molar-refractivity contribution in [1.82, 2.24) is 0 Å². The summed E-state index contributed by atoms with van der Waals surface area (Å²) >= 11 is 0. The minimum Gasteiger partial charge on any atom is -0.354 e. The van der Waals surface area contributed by atoms with Gasteiger partial charge in [-0.2, -0.15) is 0 Å². The Balaban J connectivity index is 1.79. The molecule has 2 heterocycles. The third-order valence-electron chi connectivity index (χ3n) is 6.97. The number of benzene rings is 2. The van der Waals surface area contributed by atoms with E-state index in [4.69, 9.17) is 4.74 Å². The van der Waals surface area contributed by atoms with Crippen LogP contribution in [0.1, 0.15) is 36.8 Å². The van der Waals surface area contributed by atoms with Crippen molar-refractivity contribution in [2.24, 2.45) is 5.92 Å². The Morgan fingerprint density at radius 1 is 1.14 bits per heavy atom. The summed E-state index contributed by atoms with van der Waals surface area (Å²) in [7, 11) is -3.77. The lowest BCUT2D eigenvalue weighted by molar-refractivity contribution is -0.0533. The lowest BCUT2D eigenvalue weighted by atomic mass is 9.59. The van der Waals surface area contributed by atoms with E-state index < -0.39 is 15.7 Å². The van der Waals surface area contributed by atoms with Gasteiger partial charge in [-0.1, -0.05) is 42.0 Å². The van der Waals surface area contributed by atoms with Gasteiger partial charge >= 0.3 is 0 Å². The second kappa shape index (κ2) is 5.94. The maximum absolute atomic E-state index is 13.9. The van der Waals surface area contributed by atoms with E-state index in [2.05, 4.69) is 12.6 Å². The SMILES string of the molecule is C=C[C@H]1CCC[C@]23OCC[C@]12c1ccccc1N3S(=O)(=O)c1ccc(C)cc1. The lowest BCUT2D eigenvalue weighted by Crippen LogP contribution is -2.62. The number of sulfonamides is 1. The molecule has 2 aromatic rings. The quantitative estimate of drug-likeness (QED) is 0.717. The number of allylic oxidation sites excluding steroid dienone is 1. The molecule has 2 aliphatic heterocycles. The zero-order chi connectivity index (χ0) is 19.6. The molecule has 28 heavy (non-hydrogen) atoms. The molecule has 0 aromatic heterocycles. The minimum absolute atomic E-state index is 0.197. The van der Waals surface area contributed by atoms with Gasteiger partial charge in [0.25, 0.3) is 10.0 Å². The molecule has 0 amide bonds. The summed E-state index contributed by atoms with van der Waals surface area (Å²) in [6.45, 7) is 6.63. The van der Waals surface area contributed by atoms with Crippen molar-refractivity contribution in [1.29, 1.82) is 0 Å². The lowest BCUT2D eigenvalue weighted by Gasteiger charge is -2.50. The number of anilines is 1. The summed E-state index contributed by atoms with van der Waals surface area (Å²) in [6.07, 6.45) is 5.48. The summed E-state index contributed by atoms with van der Waals surface area (Å²) in [5.74, 6) is 0.197. The second-order valence-corrected chi connectivity index (χ2v) is 9.97. The zero-order valence-electron chi connectivity index (χ0n) is 16.1. The topological polar surface area (TPSA) is 46.6 Å². The van der Waals surface area contributed by atoms with E-state index in [0.29, 0.717) is 17.9 Å². The average molecular weight is 396 g/mol. The van der Waals surface area contributed by atoms with Crippen molar-refractivity contribution in [3.8, 4) is 0 Å². The number of para-hydroxylation sites is 1. The van der Waals surface area contributed by atoms with Crippen LogP contribution in [-0.4, -0.2) is 20.7 Å². The van der Waals surface area contributed by atoms with E-state index >= 15 is 0 Å². The first-order valence-corrected chi connectivity index (χ1v) is 11.4. The Labute approximate surface area is 166 Å². The molecule has 0 bridgehead atoms. The number of rotatable bonds is 3. The van der Waals surface area contributed by atoms with Crippen LogP contribution < -0.4 is 4.31 Å². The third-order valence-corrected chi connectivity index (χ3v) is 8.81. The van der Waals surface area contributed by atoms with Gasteiger partial charge < -0.3 is 4.74 Å². The standard InChI is InChI=1S/C23H25NO3S/c1-3-18-7-6-14-23-22(18,15-16-27-23)20-8-4-5-9-21(20)24(23)28(25,26)19-12-10-17(2)11-13-19/h3-5,8-13,18H,1,6-7,14-16H2,2H3/t18-,22+,23-/m0/s1. The summed E-state index contributed by atoms with van der Waals surface area (Å²) in [5.41, 5.74) is 1.66. The van der Waals surface area contributed by atoms with Gasteiger partial charge in [0.1, 0.15) is 0 Å². The first-order valence-electron chi connectivity index (χ1n) is 9.95. The smallest absolute Gasteiger partial charge is 0.266 e. The number of ether oxygens (including phenoxy) is 1. The predicted molar refractivity (Wildman–Crippen MR) is 110 cm³/mol. The molecule has 1 saturated carbocycles. The highest BCUT2D eigenvalue weighted by molar-refractivity contribution is 7.93. The molecule has 2 fully saturated rings. The highest BCUT2D eigenvalue weighted by Gasteiger charge is 2.71. The Morgan fingerprint density at radius 2 is 1.89 bits per heavy atom. The van der Waals surface area contributed by atoms with Gasteiger partial charge in [0, 0.05) is 0 Å². The summed E-state index contributed by atoms with van der Waals surface area (Å²) < 4.78 is 35.9. The first kappa shape index (κ1) is 18.0. The van der Waals surface area contributed by atoms with E-state index in [1.165, 1.54) is 0 Å². The molecule has 5 heteroatoms. The van der Waals surface area contributed by atoms with E-state index in [1.54, 1.807) is 16.4 Å². The van der Waals surface area contributed by atoms with Gasteiger partial charge in [-0.3, -0.25) is 0 Å². The fourth-order valence-electron chi connectivity index (χ4n) is 5.85. The number of nitrogens with zero attached hydrogens (tertiary/aromatic N) is 1. The van der Waals surface area contributed by atoms with Crippen LogP contribution >= 0.6 is 0 Å². The maximum Gasteiger partial charge on any atom is 0.266 e. The van der Waals surface area contributed by atoms with Crippen molar-refractivity contribution in [3.63, 3.8) is 0 Å². The molecule has 0 radical (unpaired) electrons. The molecular weight excluding hydrogens is 370 g/mol. The number of hydrogen-bond acceptors (Lipinski definition) is 3. The van der Waals surface area contributed by atoms with Gasteiger partial charge in [-0.15, -0.1) is 6.58 Å². The normalized spacial score (nSPS) is 31.2. The second-order valence-electron chi connectivity index (χ2n) is 8.19. The van der Waals surface area contributed by atoms with E-state index in [-0.39, 0.29) is 11.3 Å². The van der Waals surface area contributed by atoms with Crippen molar-refractivity contribution in [3.05, 3.63) is 72.3 Å². The Bertz CT molecular complexity index is 1050. The van der Waals surface area contributed by atoms with Crippen LogP contribution in [0.4, 0.5) is 5.69 Å². The largest absolute Gasteiger partial charge is 0.354 e. The summed E-state index contributed by atoms with van der Waals surface area (Å²) in [4.78, 5) is 0.314. The number of fused-ring (bicyclic) bond motifs is 1. The first-order chi connectivity index (χ1) is 13.5. The van der Waals surface area contributed by atoms with Crippen LogP contribution in [0.3, 0.4) is 0 Å². The fourth-order valence-corrected chi connectivity index (χ4v) is 7.65. The van der Waals surface area contributed by atoms with Crippen LogP contribution in [0.25, 0.3) is 0 Å². The zero-order valence-corrected chi connectivity index (χ0v) is 16.9. The van der Waals surface area contributed by atoms with Gasteiger partial charge in [0.15, 0.2) is 5.72 Å². The van der Waals surface area contributed by atoms with Gasteiger partial charge in [0.05, 0.1) is 22.6 Å². The van der Waals surface area contributed by atoms with Gasteiger partial charge in [-0.05, 0) is 62.3 Å². The van der Waals surface area contributed by atoms with Gasteiger partial charge in [-0.25, -0.2) is 12.7 Å². The molecule has 2 aromatic carbocycles. The highest BCUT2D eigenvalue weighted by atomic mass is 32.2. The molecule has 4 nitrogen and oxygen atoms in total. The fraction of sp³-hybridized carbons (Fsp3) is 0.391. The maximum atomic E-state index is 13.9. The van der Waals surface area contributed by atoms with Crippen molar-refractivity contribution < 1.29 is 13.2 Å². The van der Waals surface area contributed by atoms with Crippen LogP contribution in [0.2, 0.25) is 0 Å². The van der Waals surface area contributed by atoms with E-state index in [0.717, 1.165) is 36.1 Å².